The van der Waals surface area contributed by atoms with Gasteiger partial charge in [0.2, 0.25) is 11.8 Å². The van der Waals surface area contributed by atoms with Crippen LogP contribution in [0.3, 0.4) is 0 Å². The van der Waals surface area contributed by atoms with Gasteiger partial charge in [-0.05, 0) is 112 Å². The van der Waals surface area contributed by atoms with Gasteiger partial charge in [-0.2, -0.15) is 0 Å². The van der Waals surface area contributed by atoms with E-state index < -0.39 is 0 Å². The normalized spacial score (nSPS) is 15.9. The number of ether oxygens (including phenoxy) is 4. The van der Waals surface area contributed by atoms with Crippen LogP contribution in [0.1, 0.15) is 127 Å². The number of hydrogen-bond donors (Lipinski definition) is 0. The number of esters is 2. The molecule has 0 aromatic heterocycles. The van der Waals surface area contributed by atoms with Gasteiger partial charge in [-0.15, -0.1) is 0 Å². The number of rotatable bonds is 31. The van der Waals surface area contributed by atoms with Gasteiger partial charge in [-0.25, -0.2) is 0 Å². The fourth-order valence-electron chi connectivity index (χ4n) is 11.0. The molecule has 0 aliphatic carbocycles. The maximum Gasteiger partial charge on any atom is 0.307 e. The van der Waals surface area contributed by atoms with E-state index in [1.54, 1.807) is 9.80 Å². The minimum absolute atomic E-state index is 0.0555. The molecular weight excluding hydrogens is 1100 g/mol. The molecule has 8 rings (SSSR count). The van der Waals surface area contributed by atoms with Crippen LogP contribution in [0.4, 0.5) is 22.7 Å². The summed E-state index contributed by atoms with van der Waals surface area (Å²) in [6.07, 6.45) is 16.6. The third-order valence-electron chi connectivity index (χ3n) is 15.8. The van der Waals surface area contributed by atoms with E-state index in [4.69, 9.17) is 65.4 Å². The predicted molar refractivity (Wildman–Crippen MR) is 322 cm³/mol. The molecule has 2 amide bonds. The molecule has 14 nitrogen and oxygen atoms in total. The van der Waals surface area contributed by atoms with Gasteiger partial charge >= 0.3 is 11.9 Å². The van der Waals surface area contributed by atoms with Crippen molar-refractivity contribution in [3.63, 3.8) is 0 Å². The van der Waals surface area contributed by atoms with E-state index in [2.05, 4.69) is 19.6 Å². The van der Waals surface area contributed by atoms with Gasteiger partial charge < -0.3 is 28.7 Å². The van der Waals surface area contributed by atoms with Crippen LogP contribution in [0.15, 0.2) is 72.8 Å². The highest BCUT2D eigenvalue weighted by molar-refractivity contribution is 6.44. The van der Waals surface area contributed by atoms with Crippen LogP contribution in [0.5, 0.6) is 11.5 Å². The Labute approximate surface area is 493 Å². The average molecular weight is 1180 g/mol. The van der Waals surface area contributed by atoms with E-state index in [0.29, 0.717) is 83.3 Å². The van der Waals surface area contributed by atoms with Crippen LogP contribution < -0.4 is 29.1 Å². The lowest BCUT2D eigenvalue weighted by molar-refractivity contribution is -0.145. The Bertz CT molecular complexity index is 2490. The van der Waals surface area contributed by atoms with Crippen molar-refractivity contribution in [2.75, 3.05) is 112 Å². The van der Waals surface area contributed by atoms with Gasteiger partial charge in [-0.3, -0.25) is 38.8 Å². The lowest BCUT2D eigenvalue weighted by atomic mass is 10.0. The summed E-state index contributed by atoms with van der Waals surface area (Å²) in [5, 5.41) is 2.39. The molecule has 0 bridgehead atoms. The van der Waals surface area contributed by atoms with Crippen LogP contribution in [0.25, 0.3) is 0 Å². The summed E-state index contributed by atoms with van der Waals surface area (Å²) in [5.41, 5.74) is 5.59. The number of carbonyl (C=O) groups excluding carboxylic acids is 4. The molecule has 0 spiro atoms. The first kappa shape index (κ1) is 61.1. The molecule has 4 heterocycles. The Hall–Kier alpha value is -4.96. The number of halogens is 4. The molecule has 80 heavy (non-hydrogen) atoms. The van der Waals surface area contributed by atoms with E-state index >= 15 is 0 Å². The molecule has 2 saturated heterocycles. The van der Waals surface area contributed by atoms with Crippen molar-refractivity contribution in [1.82, 2.24) is 9.80 Å². The second kappa shape index (κ2) is 32.0. The molecule has 4 aliphatic heterocycles. The Morgan fingerprint density at radius 1 is 0.425 bits per heavy atom. The lowest BCUT2D eigenvalue weighted by Gasteiger charge is -2.36. The SMILES string of the molecule is O=C(CCCCCCCCCCCCC(=O)OCN1C(=O)CCc2ccc(OCCCCN3CCN(c4cccc(Cl)c4Cl)CC3)cc21)OCN1C(=O)CCc2ccc(OCCCCN3CCN(c4cccc(Cl)c4Cl)CC3)cc21. The quantitative estimate of drug-likeness (QED) is 0.0352. The topological polar surface area (TPSA) is 125 Å². The van der Waals surface area contributed by atoms with E-state index in [1.807, 2.05) is 72.8 Å². The van der Waals surface area contributed by atoms with Crippen molar-refractivity contribution < 1.29 is 38.1 Å². The zero-order valence-corrected chi connectivity index (χ0v) is 49.5. The van der Waals surface area contributed by atoms with E-state index in [9.17, 15) is 19.2 Å². The minimum Gasteiger partial charge on any atom is -0.494 e. The third-order valence-corrected chi connectivity index (χ3v) is 17.4. The maximum atomic E-state index is 13.0. The first-order valence-electron chi connectivity index (χ1n) is 29.3. The van der Waals surface area contributed by atoms with Gasteiger partial charge in [0, 0.05) is 90.2 Å². The Morgan fingerprint density at radius 3 is 1.21 bits per heavy atom. The van der Waals surface area contributed by atoms with Crippen molar-refractivity contribution in [3.8, 4) is 11.5 Å². The molecular formula is C62H80Cl4N6O8. The second-order valence-corrected chi connectivity index (χ2v) is 23.0. The van der Waals surface area contributed by atoms with E-state index in [-0.39, 0.29) is 37.2 Å². The summed E-state index contributed by atoms with van der Waals surface area (Å²) >= 11 is 25.4. The van der Waals surface area contributed by atoms with Crippen molar-refractivity contribution in [1.29, 1.82) is 0 Å². The van der Waals surface area contributed by atoms with Crippen LogP contribution in [0.2, 0.25) is 20.1 Å². The molecule has 4 aromatic rings. The van der Waals surface area contributed by atoms with Gasteiger partial charge in [0.15, 0.2) is 13.5 Å². The monoisotopic (exact) mass is 1180 g/mol. The summed E-state index contributed by atoms with van der Waals surface area (Å²) in [6, 6.07) is 23.3. The summed E-state index contributed by atoms with van der Waals surface area (Å²) in [6.45, 7) is 10.4. The molecule has 4 aliphatic rings. The summed E-state index contributed by atoms with van der Waals surface area (Å²) in [4.78, 5) is 64.2. The number of hydrogen-bond acceptors (Lipinski definition) is 12. The molecule has 0 atom stereocenters. The van der Waals surface area contributed by atoms with Gasteiger partial charge in [0.1, 0.15) is 11.5 Å². The lowest BCUT2D eigenvalue weighted by Crippen LogP contribution is -2.46. The zero-order valence-electron chi connectivity index (χ0n) is 46.4. The largest absolute Gasteiger partial charge is 0.494 e. The number of benzene rings is 4. The van der Waals surface area contributed by atoms with Crippen LogP contribution in [-0.2, 0) is 41.5 Å². The van der Waals surface area contributed by atoms with Crippen molar-refractivity contribution in [3.05, 3.63) is 104 Å². The second-order valence-electron chi connectivity index (χ2n) is 21.5. The van der Waals surface area contributed by atoms with Gasteiger partial charge in [0.05, 0.1) is 56.1 Å². The number of amides is 2. The molecule has 4 aromatic carbocycles. The average Bonchev–Trinajstić information content (AvgIpc) is 3.47. The molecule has 0 unspecified atom stereocenters. The van der Waals surface area contributed by atoms with Gasteiger partial charge in [0.25, 0.3) is 0 Å². The number of piperazine rings is 2. The Balaban J connectivity index is 0.612. The Morgan fingerprint density at radius 2 is 0.812 bits per heavy atom. The smallest absolute Gasteiger partial charge is 0.307 e. The van der Waals surface area contributed by atoms with E-state index in [0.717, 1.165) is 189 Å². The first-order chi connectivity index (χ1) is 39.0. The highest BCUT2D eigenvalue weighted by Gasteiger charge is 2.28. The molecule has 18 heteroatoms. The van der Waals surface area contributed by atoms with Crippen molar-refractivity contribution in [2.45, 2.75) is 128 Å². The number of anilines is 4. The third kappa shape index (κ3) is 18.3. The molecule has 0 N–H and O–H groups in total. The highest BCUT2D eigenvalue weighted by atomic mass is 35.5. The fraction of sp³-hybridized carbons (Fsp3) is 0.548. The molecule has 434 valence electrons. The first-order valence-corrected chi connectivity index (χ1v) is 30.8. The van der Waals surface area contributed by atoms with Crippen LogP contribution in [0, 0.1) is 0 Å². The van der Waals surface area contributed by atoms with Gasteiger partial charge in [-0.1, -0.05) is 122 Å². The van der Waals surface area contributed by atoms with Crippen LogP contribution >= 0.6 is 46.4 Å². The predicted octanol–water partition coefficient (Wildman–Crippen LogP) is 13.2. The number of nitrogens with zero attached hydrogens (tertiary/aromatic N) is 6. The van der Waals surface area contributed by atoms with Crippen molar-refractivity contribution in [2.24, 2.45) is 0 Å². The number of aryl methyl sites for hydroxylation is 2. The molecule has 2 fully saturated rings. The number of unbranched alkanes of at least 4 members (excludes halogenated alkanes) is 11. The van der Waals surface area contributed by atoms with Crippen molar-refractivity contribution >= 4 is 92.9 Å². The minimum atomic E-state index is -0.289. The number of carbonyl (C=O) groups is 4. The maximum absolute atomic E-state index is 13.0. The number of fused-ring (bicyclic) bond motifs is 2. The standard InChI is InChI=1S/C62H80Cl4N6O8/c63-51-17-15-19-53(61(51)65)69-37-33-67(34-38-69)31-11-13-41-77-49-27-23-47-25-29-57(73)71(55(47)43-49)45-79-59(75)21-9-7-5-3-1-2-4-6-8-10-22-60(76)80-46-72-56-44-50(28-24-48(56)26-30-58(72)74)78-42-14-12-32-68-35-39-70(40-36-68)54-20-16-18-52(64)62(54)66/h15-20,23-24,27-28,43-44H,1-14,21-22,25-26,29-42,45-46H2. The summed E-state index contributed by atoms with van der Waals surface area (Å²) in [5.74, 6) is 0.726. The van der Waals surface area contributed by atoms with E-state index in [1.165, 1.54) is 0 Å². The van der Waals surface area contributed by atoms with Crippen LogP contribution in [-0.4, -0.2) is 126 Å². The molecule has 0 radical (unpaired) electrons. The Kier molecular flexibility index (Phi) is 24.5. The fourth-order valence-corrected chi connectivity index (χ4v) is 11.9. The summed E-state index contributed by atoms with van der Waals surface area (Å²) in [7, 11) is 0. The summed E-state index contributed by atoms with van der Waals surface area (Å²) < 4.78 is 23.5. The molecule has 0 saturated carbocycles. The zero-order chi connectivity index (χ0) is 56.1. The highest BCUT2D eigenvalue weighted by Crippen LogP contribution is 2.36.